The zero-order chi connectivity index (χ0) is 17.3. The van der Waals surface area contributed by atoms with Gasteiger partial charge in [-0.25, -0.2) is 4.79 Å². The second-order valence-corrected chi connectivity index (χ2v) is 5.19. The van der Waals surface area contributed by atoms with E-state index in [2.05, 4.69) is 0 Å². The van der Waals surface area contributed by atoms with Crippen LogP contribution in [0.4, 0.5) is 0 Å². The zero-order valence-electron chi connectivity index (χ0n) is 14.0. The van der Waals surface area contributed by atoms with Gasteiger partial charge in [-0.15, -0.1) is 0 Å². The topological polar surface area (TPSA) is 63.2 Å². The Kier molecular flexibility index (Phi) is 4.20. The van der Waals surface area contributed by atoms with E-state index < -0.39 is 5.97 Å². The molecule has 6 nitrogen and oxygen atoms in total. The highest BCUT2D eigenvalue weighted by atomic mass is 16.5. The summed E-state index contributed by atoms with van der Waals surface area (Å²) in [4.78, 5) is 12.5. The minimum Gasteiger partial charge on any atom is -0.497 e. The standard InChI is InChI=1S/C18H18O6/c1-20-11-5-10-9-24-18(19)13-6-12(21-2)8-15(23-4)17(13)16(10)14(7-11)22-3/h5-8H,9H2,1-4H3. The van der Waals surface area contributed by atoms with Crippen molar-refractivity contribution in [1.82, 2.24) is 0 Å². The lowest BCUT2D eigenvalue weighted by Gasteiger charge is -2.17. The summed E-state index contributed by atoms with van der Waals surface area (Å²) in [6, 6.07) is 6.95. The maximum Gasteiger partial charge on any atom is 0.339 e. The van der Waals surface area contributed by atoms with Crippen molar-refractivity contribution in [3.8, 4) is 34.1 Å². The lowest BCUT2D eigenvalue weighted by atomic mass is 9.94. The van der Waals surface area contributed by atoms with Gasteiger partial charge in [0.1, 0.15) is 29.6 Å². The van der Waals surface area contributed by atoms with Gasteiger partial charge in [0.05, 0.1) is 34.0 Å². The van der Waals surface area contributed by atoms with Crippen molar-refractivity contribution >= 4 is 5.97 Å². The van der Waals surface area contributed by atoms with Crippen LogP contribution in [-0.2, 0) is 11.3 Å². The number of cyclic esters (lactones) is 1. The Bertz CT molecular complexity index is 797. The van der Waals surface area contributed by atoms with Gasteiger partial charge in [-0.2, -0.15) is 0 Å². The van der Waals surface area contributed by atoms with Gasteiger partial charge in [0.15, 0.2) is 0 Å². The average molecular weight is 330 g/mol. The van der Waals surface area contributed by atoms with Crippen LogP contribution in [0.5, 0.6) is 23.0 Å². The van der Waals surface area contributed by atoms with Gasteiger partial charge in [0.25, 0.3) is 0 Å². The Hall–Kier alpha value is -2.89. The lowest BCUT2D eigenvalue weighted by molar-refractivity contribution is 0.0478. The predicted molar refractivity (Wildman–Crippen MR) is 87.2 cm³/mol. The number of carbonyl (C=O) groups excluding carboxylic acids is 1. The molecule has 2 aromatic rings. The van der Waals surface area contributed by atoms with Crippen molar-refractivity contribution in [2.75, 3.05) is 28.4 Å². The van der Waals surface area contributed by atoms with E-state index in [0.717, 1.165) is 11.1 Å². The molecule has 0 fully saturated rings. The molecule has 24 heavy (non-hydrogen) atoms. The molecule has 1 aliphatic heterocycles. The second kappa shape index (κ2) is 6.31. The summed E-state index contributed by atoms with van der Waals surface area (Å²) >= 11 is 0. The van der Waals surface area contributed by atoms with E-state index in [1.807, 2.05) is 6.07 Å². The van der Waals surface area contributed by atoms with Crippen molar-refractivity contribution in [1.29, 1.82) is 0 Å². The molecule has 0 amide bonds. The predicted octanol–water partition coefficient (Wildman–Crippen LogP) is 3.06. The summed E-state index contributed by atoms with van der Waals surface area (Å²) in [7, 11) is 6.21. The van der Waals surface area contributed by atoms with Crippen molar-refractivity contribution in [2.45, 2.75) is 6.61 Å². The fourth-order valence-electron chi connectivity index (χ4n) is 2.83. The summed E-state index contributed by atoms with van der Waals surface area (Å²) in [6.07, 6.45) is 0. The normalized spacial score (nSPS) is 12.4. The minimum atomic E-state index is -0.445. The second-order valence-electron chi connectivity index (χ2n) is 5.19. The molecule has 0 saturated carbocycles. The van der Waals surface area contributed by atoms with E-state index >= 15 is 0 Å². The SMILES string of the molecule is COc1cc2c(c(OC)c1)-c1c(OC)cc(OC)cc1C(=O)OC2. The number of fused-ring (bicyclic) bond motifs is 3. The highest BCUT2D eigenvalue weighted by Crippen LogP contribution is 2.46. The fourth-order valence-corrected chi connectivity index (χ4v) is 2.83. The number of hydrogen-bond donors (Lipinski definition) is 0. The molecule has 2 aromatic carbocycles. The van der Waals surface area contributed by atoms with Gasteiger partial charge < -0.3 is 23.7 Å². The first-order valence-corrected chi connectivity index (χ1v) is 7.31. The van der Waals surface area contributed by atoms with Gasteiger partial charge in [0, 0.05) is 28.8 Å². The van der Waals surface area contributed by atoms with E-state index in [4.69, 9.17) is 23.7 Å². The van der Waals surface area contributed by atoms with Crippen molar-refractivity contribution in [3.05, 3.63) is 35.4 Å². The molecular weight excluding hydrogens is 312 g/mol. The third-order valence-electron chi connectivity index (χ3n) is 3.97. The molecule has 3 rings (SSSR count). The minimum absolute atomic E-state index is 0.113. The molecule has 0 N–H and O–H groups in total. The summed E-state index contributed by atoms with van der Waals surface area (Å²) < 4.78 is 27.0. The monoisotopic (exact) mass is 330 g/mol. The quantitative estimate of drug-likeness (QED) is 0.803. The van der Waals surface area contributed by atoms with Crippen LogP contribution in [0.25, 0.3) is 11.1 Å². The number of esters is 1. The average Bonchev–Trinajstić information content (AvgIpc) is 2.77. The van der Waals surface area contributed by atoms with E-state index in [1.54, 1.807) is 39.5 Å². The Labute approximate surface area is 139 Å². The molecule has 0 unspecified atom stereocenters. The molecule has 0 radical (unpaired) electrons. The molecule has 1 aliphatic rings. The summed E-state index contributed by atoms with van der Waals surface area (Å²) in [5.74, 6) is 1.77. The Morgan fingerprint density at radius 3 is 1.96 bits per heavy atom. The van der Waals surface area contributed by atoms with Crippen LogP contribution < -0.4 is 18.9 Å². The Morgan fingerprint density at radius 1 is 0.792 bits per heavy atom. The Morgan fingerprint density at radius 2 is 1.38 bits per heavy atom. The maximum absolute atomic E-state index is 12.5. The van der Waals surface area contributed by atoms with Crippen LogP contribution in [0.1, 0.15) is 15.9 Å². The van der Waals surface area contributed by atoms with Gasteiger partial charge >= 0.3 is 5.97 Å². The van der Waals surface area contributed by atoms with E-state index in [9.17, 15) is 4.79 Å². The third-order valence-corrected chi connectivity index (χ3v) is 3.97. The molecule has 1 heterocycles. The molecule has 0 spiro atoms. The van der Waals surface area contributed by atoms with Gasteiger partial charge in [-0.3, -0.25) is 0 Å². The maximum atomic E-state index is 12.5. The highest BCUT2D eigenvalue weighted by molar-refractivity contribution is 6.02. The summed E-state index contributed by atoms with van der Waals surface area (Å²) in [6.45, 7) is 0.113. The smallest absolute Gasteiger partial charge is 0.339 e. The first kappa shape index (κ1) is 16.0. The van der Waals surface area contributed by atoms with Crippen LogP contribution in [0.3, 0.4) is 0 Å². The molecular formula is C18H18O6. The van der Waals surface area contributed by atoms with Crippen molar-refractivity contribution in [3.63, 3.8) is 0 Å². The van der Waals surface area contributed by atoms with Crippen LogP contribution in [0.2, 0.25) is 0 Å². The zero-order valence-corrected chi connectivity index (χ0v) is 14.0. The number of methoxy groups -OCH3 is 4. The highest BCUT2D eigenvalue weighted by Gasteiger charge is 2.29. The molecule has 126 valence electrons. The molecule has 0 atom stereocenters. The first-order valence-electron chi connectivity index (χ1n) is 7.31. The van der Waals surface area contributed by atoms with Crippen LogP contribution in [-0.4, -0.2) is 34.4 Å². The molecule has 0 saturated heterocycles. The van der Waals surface area contributed by atoms with Crippen LogP contribution >= 0.6 is 0 Å². The number of carbonyl (C=O) groups is 1. The fraction of sp³-hybridized carbons (Fsp3) is 0.278. The largest absolute Gasteiger partial charge is 0.497 e. The number of hydrogen-bond acceptors (Lipinski definition) is 6. The number of ether oxygens (including phenoxy) is 5. The van der Waals surface area contributed by atoms with Crippen molar-refractivity contribution in [2.24, 2.45) is 0 Å². The molecule has 6 heteroatoms. The van der Waals surface area contributed by atoms with E-state index in [0.29, 0.717) is 34.1 Å². The Balaban J connectivity index is 2.38. The van der Waals surface area contributed by atoms with Gasteiger partial charge in [0.2, 0.25) is 0 Å². The third kappa shape index (κ3) is 2.50. The van der Waals surface area contributed by atoms with E-state index in [-0.39, 0.29) is 6.61 Å². The summed E-state index contributed by atoms with van der Waals surface area (Å²) in [5, 5.41) is 0. The van der Waals surface area contributed by atoms with Gasteiger partial charge in [-0.1, -0.05) is 0 Å². The van der Waals surface area contributed by atoms with Crippen LogP contribution in [0.15, 0.2) is 24.3 Å². The van der Waals surface area contributed by atoms with Crippen molar-refractivity contribution < 1.29 is 28.5 Å². The van der Waals surface area contributed by atoms with Gasteiger partial charge in [-0.05, 0) is 12.1 Å². The molecule has 0 aromatic heterocycles. The van der Waals surface area contributed by atoms with Crippen LogP contribution in [0, 0.1) is 0 Å². The van der Waals surface area contributed by atoms with E-state index in [1.165, 1.54) is 7.11 Å². The summed E-state index contributed by atoms with van der Waals surface area (Å²) in [5.41, 5.74) is 2.52. The molecule has 0 aliphatic carbocycles. The number of benzene rings is 2. The number of rotatable bonds is 4. The molecule has 0 bridgehead atoms. The lowest BCUT2D eigenvalue weighted by Crippen LogP contribution is -2.04. The first-order chi connectivity index (χ1) is 11.6.